The predicted molar refractivity (Wildman–Crippen MR) is 272 cm³/mol. The van der Waals surface area contributed by atoms with Gasteiger partial charge in [-0.05, 0) is 70.6 Å². The Morgan fingerprint density at radius 2 is 0.877 bits per heavy atom. The third-order valence-corrected chi connectivity index (χ3v) is 11.6. The molecule has 0 saturated heterocycles. The fourth-order valence-electron chi connectivity index (χ4n) is 7.43. The number of likely N-dealkylation sites (N-methyl/N-ethyl adjacent to an activating group) is 1. The Morgan fingerprint density at radius 1 is 0.477 bits per heavy atom. The first kappa shape index (κ1) is 62.2. The highest BCUT2D eigenvalue weighted by Crippen LogP contribution is 2.16. The zero-order chi connectivity index (χ0) is 47.7. The van der Waals surface area contributed by atoms with Crippen molar-refractivity contribution in [2.75, 3.05) is 47.5 Å². The zero-order valence-electron chi connectivity index (χ0n) is 42.9. The number of hydrogen-bond acceptors (Lipinski definition) is 7. The lowest BCUT2D eigenvalue weighted by atomic mass is 10.0. The van der Waals surface area contributed by atoms with Crippen molar-refractivity contribution >= 4 is 17.9 Å². The van der Waals surface area contributed by atoms with Crippen LogP contribution in [0, 0.1) is 0 Å². The van der Waals surface area contributed by atoms with Crippen molar-refractivity contribution < 1.29 is 42.9 Å². The van der Waals surface area contributed by atoms with Gasteiger partial charge in [-0.3, -0.25) is 9.59 Å². The highest BCUT2D eigenvalue weighted by molar-refractivity contribution is 5.71. The number of quaternary nitrogens is 1. The highest BCUT2D eigenvalue weighted by atomic mass is 16.7. The van der Waals surface area contributed by atoms with Gasteiger partial charge >= 0.3 is 17.9 Å². The summed E-state index contributed by atoms with van der Waals surface area (Å²) in [6.07, 6.45) is 54.9. The molecule has 0 aliphatic heterocycles. The van der Waals surface area contributed by atoms with Gasteiger partial charge in [0.15, 0.2) is 6.10 Å². The summed E-state index contributed by atoms with van der Waals surface area (Å²) in [6.45, 7) is 4.73. The molecule has 9 heteroatoms. The van der Waals surface area contributed by atoms with Crippen molar-refractivity contribution in [3.8, 4) is 0 Å². The number of carboxylic acids is 1. The van der Waals surface area contributed by atoms with Gasteiger partial charge in [0.1, 0.15) is 13.2 Å². The maximum absolute atomic E-state index is 12.8. The van der Waals surface area contributed by atoms with Crippen LogP contribution in [0.25, 0.3) is 0 Å². The van der Waals surface area contributed by atoms with Crippen molar-refractivity contribution in [3.05, 3.63) is 48.6 Å². The van der Waals surface area contributed by atoms with Gasteiger partial charge in [0, 0.05) is 12.8 Å². The molecule has 9 nitrogen and oxygen atoms in total. The molecular weight excluding hydrogens is 815 g/mol. The molecule has 65 heavy (non-hydrogen) atoms. The monoisotopic (exact) mass is 917 g/mol. The van der Waals surface area contributed by atoms with E-state index < -0.39 is 24.3 Å². The van der Waals surface area contributed by atoms with Crippen LogP contribution in [0.4, 0.5) is 0 Å². The van der Waals surface area contributed by atoms with Crippen LogP contribution in [0.2, 0.25) is 0 Å². The molecule has 0 heterocycles. The van der Waals surface area contributed by atoms with Gasteiger partial charge < -0.3 is 28.5 Å². The molecule has 0 aliphatic carbocycles. The predicted octanol–water partition coefficient (Wildman–Crippen LogP) is 15.1. The number of unbranched alkanes of at least 4 members (excludes halogenated alkanes) is 26. The van der Waals surface area contributed by atoms with E-state index in [1.54, 1.807) is 0 Å². The van der Waals surface area contributed by atoms with E-state index in [9.17, 15) is 19.5 Å². The van der Waals surface area contributed by atoms with Crippen LogP contribution < -0.4 is 0 Å². The van der Waals surface area contributed by atoms with E-state index in [-0.39, 0.29) is 32.2 Å². The second-order valence-electron chi connectivity index (χ2n) is 19.2. The number of hydrogen-bond donors (Lipinski definition) is 1. The molecule has 0 aromatic rings. The first-order valence-electron chi connectivity index (χ1n) is 26.8. The Labute approximate surface area is 400 Å². The van der Waals surface area contributed by atoms with Gasteiger partial charge in [0.05, 0.1) is 34.4 Å². The van der Waals surface area contributed by atoms with Crippen molar-refractivity contribution in [2.24, 2.45) is 0 Å². The van der Waals surface area contributed by atoms with E-state index in [0.717, 1.165) is 57.8 Å². The molecule has 2 atom stereocenters. The number of allylic oxidation sites excluding steroid dienone is 8. The van der Waals surface area contributed by atoms with E-state index in [1.807, 2.05) is 21.1 Å². The summed E-state index contributed by atoms with van der Waals surface area (Å²) < 4.78 is 22.8. The van der Waals surface area contributed by atoms with Gasteiger partial charge in [-0.15, -0.1) is 0 Å². The summed E-state index contributed by atoms with van der Waals surface area (Å²) in [7, 11) is 5.95. The molecule has 0 amide bonds. The number of carbonyl (C=O) groups is 3. The maximum atomic E-state index is 12.8. The minimum Gasteiger partial charge on any atom is -0.477 e. The molecule has 0 rings (SSSR count). The second-order valence-corrected chi connectivity index (χ2v) is 19.2. The minimum atomic E-state index is -1.52. The summed E-state index contributed by atoms with van der Waals surface area (Å²) in [5.74, 6) is -2.04. The number of aliphatic carboxylic acids is 1. The molecule has 378 valence electrons. The molecule has 1 N–H and O–H groups in total. The van der Waals surface area contributed by atoms with Crippen LogP contribution in [0.15, 0.2) is 48.6 Å². The number of carboxylic acid groups (broad SMARTS) is 1. The smallest absolute Gasteiger partial charge is 0.361 e. The number of carbonyl (C=O) groups excluding carboxylic acids is 2. The number of rotatable bonds is 49. The van der Waals surface area contributed by atoms with Gasteiger partial charge in [0.2, 0.25) is 0 Å². The topological polar surface area (TPSA) is 108 Å². The lowest BCUT2D eigenvalue weighted by molar-refractivity contribution is -0.870. The highest BCUT2D eigenvalue weighted by Gasteiger charge is 2.25. The van der Waals surface area contributed by atoms with Crippen LogP contribution in [0.1, 0.15) is 232 Å². The van der Waals surface area contributed by atoms with E-state index >= 15 is 0 Å². The molecule has 2 unspecified atom stereocenters. The SMILES string of the molecule is CC/C=C\C/C=C\C/C=C\CCCCCC(=O)OC(COC(=O)CCCCCCCCCCCCCCCCC/C=C\CCCCCCCCCC)COC(OCC[N+](C)(C)C)C(=O)O. The summed E-state index contributed by atoms with van der Waals surface area (Å²) in [5, 5.41) is 9.66. The summed E-state index contributed by atoms with van der Waals surface area (Å²) >= 11 is 0. The molecule has 0 aliphatic rings. The van der Waals surface area contributed by atoms with Gasteiger partial charge in [-0.25, -0.2) is 4.79 Å². The summed E-state index contributed by atoms with van der Waals surface area (Å²) in [4.78, 5) is 37.2. The number of esters is 2. The Balaban J connectivity index is 4.18. The van der Waals surface area contributed by atoms with E-state index in [4.69, 9.17) is 18.9 Å². The van der Waals surface area contributed by atoms with Crippen LogP contribution in [-0.2, 0) is 33.3 Å². The van der Waals surface area contributed by atoms with Crippen LogP contribution >= 0.6 is 0 Å². The van der Waals surface area contributed by atoms with Gasteiger partial charge in [-0.1, -0.05) is 197 Å². The lowest BCUT2D eigenvalue weighted by Crippen LogP contribution is -2.40. The molecule has 0 aromatic heterocycles. The van der Waals surface area contributed by atoms with E-state index in [0.29, 0.717) is 23.9 Å². The third-order valence-electron chi connectivity index (χ3n) is 11.6. The minimum absolute atomic E-state index is 0.181. The van der Waals surface area contributed by atoms with Crippen molar-refractivity contribution in [3.63, 3.8) is 0 Å². The number of nitrogens with zero attached hydrogens (tertiary/aromatic N) is 1. The fraction of sp³-hybridized carbons (Fsp3) is 0.804. The first-order chi connectivity index (χ1) is 31.6. The van der Waals surface area contributed by atoms with Crippen molar-refractivity contribution in [1.82, 2.24) is 0 Å². The molecule has 0 aromatic carbocycles. The fourth-order valence-corrected chi connectivity index (χ4v) is 7.43. The quantitative estimate of drug-likeness (QED) is 0.0211. The van der Waals surface area contributed by atoms with Crippen molar-refractivity contribution in [1.29, 1.82) is 0 Å². The van der Waals surface area contributed by atoms with Gasteiger partial charge in [-0.2, -0.15) is 0 Å². The molecule has 0 spiro atoms. The lowest BCUT2D eigenvalue weighted by Gasteiger charge is -2.25. The van der Waals surface area contributed by atoms with Gasteiger partial charge in [0.25, 0.3) is 6.29 Å². The zero-order valence-corrected chi connectivity index (χ0v) is 42.9. The molecule has 0 radical (unpaired) electrons. The first-order valence-corrected chi connectivity index (χ1v) is 26.8. The Morgan fingerprint density at radius 3 is 1.34 bits per heavy atom. The molecular formula is C56H102NO8+. The average Bonchev–Trinajstić information content (AvgIpc) is 3.27. The average molecular weight is 917 g/mol. The van der Waals surface area contributed by atoms with E-state index in [2.05, 4.69) is 62.5 Å². The summed E-state index contributed by atoms with van der Waals surface area (Å²) in [6, 6.07) is 0. The molecule has 0 fully saturated rings. The Kier molecular flexibility index (Phi) is 45.7. The van der Waals surface area contributed by atoms with Crippen molar-refractivity contribution in [2.45, 2.75) is 245 Å². The standard InChI is InChI=1S/C56H101NO8/c1-6-8-10-12-14-16-18-20-21-22-23-24-25-26-27-28-29-30-31-32-33-35-36-38-40-42-44-46-53(58)63-50-52(51-64-56(55(60)61)62-49-48-57(3,4)5)65-54(59)47-45-43-41-39-37-34-19-17-15-13-11-9-7-2/h9,11,15,17,22-23,34,37,52,56H,6-8,10,12-14,16,18-21,24-33,35-36,38-51H2,1-5H3/p+1/b11-9-,17-15-,23-22-,37-34-. The van der Waals surface area contributed by atoms with Crippen LogP contribution in [0.3, 0.4) is 0 Å². The normalized spacial score (nSPS) is 13.2. The number of ether oxygens (including phenoxy) is 4. The Hall–Kier alpha value is -2.75. The maximum Gasteiger partial charge on any atom is 0.361 e. The van der Waals surface area contributed by atoms with Crippen LogP contribution in [-0.4, -0.2) is 87.4 Å². The summed E-state index contributed by atoms with van der Waals surface area (Å²) in [5.41, 5.74) is 0. The van der Waals surface area contributed by atoms with Crippen LogP contribution in [0.5, 0.6) is 0 Å². The largest absolute Gasteiger partial charge is 0.477 e. The molecule has 0 bridgehead atoms. The Bertz CT molecular complexity index is 1210. The third kappa shape index (κ3) is 49.0. The van der Waals surface area contributed by atoms with E-state index in [1.165, 1.54) is 141 Å². The second kappa shape index (κ2) is 47.7. The molecule has 0 saturated carbocycles.